The van der Waals surface area contributed by atoms with Crippen molar-refractivity contribution in [2.24, 2.45) is 11.1 Å². The second-order valence-corrected chi connectivity index (χ2v) is 5.44. The molecule has 0 aromatic carbocycles. The predicted octanol–water partition coefficient (Wildman–Crippen LogP) is 0.984. The van der Waals surface area contributed by atoms with Crippen LogP contribution in [0.1, 0.15) is 30.3 Å². The number of hydrogen-bond donors (Lipinski definition) is 3. The van der Waals surface area contributed by atoms with Gasteiger partial charge in [0.15, 0.2) is 0 Å². The van der Waals surface area contributed by atoms with Crippen LogP contribution in [-0.2, 0) is 0 Å². The summed E-state index contributed by atoms with van der Waals surface area (Å²) in [5, 5.41) is 10.2. The summed E-state index contributed by atoms with van der Waals surface area (Å²) >= 11 is 0. The highest BCUT2D eigenvalue weighted by Gasteiger charge is 2.33. The first kappa shape index (κ1) is 14.3. The number of nitrogens with zero attached hydrogens (tertiary/aromatic N) is 2. The molecule has 2 heterocycles. The highest BCUT2D eigenvalue weighted by molar-refractivity contribution is 5.92. The molecule has 1 fully saturated rings. The summed E-state index contributed by atoms with van der Waals surface area (Å²) in [6.07, 6.45) is 3.35. The Bertz CT molecular complexity index is 520. The van der Waals surface area contributed by atoms with Gasteiger partial charge in [-0.15, -0.1) is 0 Å². The van der Waals surface area contributed by atoms with Gasteiger partial charge >= 0.3 is 0 Å². The van der Waals surface area contributed by atoms with Gasteiger partial charge in [0.2, 0.25) is 0 Å². The monoisotopic (exact) mass is 275 g/mol. The minimum atomic E-state index is -0.201. The zero-order valence-corrected chi connectivity index (χ0v) is 11.9. The number of nitrogens with one attached hydrogen (secondary N) is 2. The molecule has 4 N–H and O–H groups in total. The molecule has 108 valence electrons. The van der Waals surface area contributed by atoms with Crippen molar-refractivity contribution >= 4 is 17.4 Å². The smallest absolute Gasteiger partial charge is 0.269 e. The van der Waals surface area contributed by atoms with Crippen LogP contribution in [0.2, 0.25) is 0 Å². The third-order valence-corrected chi connectivity index (χ3v) is 4.09. The number of carbonyl (C=O) groups excluding carboxylic acids is 1. The lowest BCUT2D eigenvalue weighted by atomic mass is 9.79. The fraction of sp³-hybridized carbons (Fsp3) is 0.500. The van der Waals surface area contributed by atoms with E-state index >= 15 is 0 Å². The quantitative estimate of drug-likeness (QED) is 0.566. The number of aromatic nitrogens is 1. The van der Waals surface area contributed by atoms with Crippen molar-refractivity contribution < 1.29 is 4.79 Å². The summed E-state index contributed by atoms with van der Waals surface area (Å²) in [6, 6.07) is 3.71. The fourth-order valence-electron chi connectivity index (χ4n) is 2.40. The summed E-state index contributed by atoms with van der Waals surface area (Å²) in [4.78, 5) is 17.9. The highest BCUT2D eigenvalue weighted by atomic mass is 16.1. The maximum absolute atomic E-state index is 11.6. The highest BCUT2D eigenvalue weighted by Crippen LogP contribution is 2.32. The Balaban J connectivity index is 2.11. The molecule has 0 unspecified atom stereocenters. The van der Waals surface area contributed by atoms with Crippen LogP contribution in [0.15, 0.2) is 18.3 Å². The van der Waals surface area contributed by atoms with Gasteiger partial charge in [0.05, 0.1) is 5.84 Å². The third kappa shape index (κ3) is 2.74. The number of anilines is 1. The molecule has 1 aromatic heterocycles. The number of piperidine rings is 1. The molecule has 2 rings (SSSR count). The van der Waals surface area contributed by atoms with E-state index < -0.39 is 0 Å². The van der Waals surface area contributed by atoms with E-state index in [1.54, 1.807) is 19.3 Å². The standard InChI is InChI=1S/C14H21N5O/c1-14(13(15)16)4-7-19(8-5-14)10-3-6-18-11(9-10)12(20)17-2/h3,6,9H,4-5,7-8H2,1-2H3,(H3,15,16)(H,17,20). The summed E-state index contributed by atoms with van der Waals surface area (Å²) in [5.74, 6) is 0.0790. The van der Waals surface area contributed by atoms with Crippen molar-refractivity contribution in [2.75, 3.05) is 25.0 Å². The fourth-order valence-corrected chi connectivity index (χ4v) is 2.40. The number of rotatable bonds is 3. The van der Waals surface area contributed by atoms with Crippen LogP contribution in [0.25, 0.3) is 0 Å². The molecule has 1 aromatic rings. The minimum absolute atomic E-state index is 0.183. The molecule has 1 saturated heterocycles. The largest absolute Gasteiger partial charge is 0.387 e. The van der Waals surface area contributed by atoms with Crippen molar-refractivity contribution in [3.05, 3.63) is 24.0 Å². The van der Waals surface area contributed by atoms with Crippen LogP contribution >= 0.6 is 0 Å². The first-order valence-corrected chi connectivity index (χ1v) is 6.74. The average molecular weight is 275 g/mol. The van der Waals surface area contributed by atoms with E-state index in [9.17, 15) is 4.79 Å². The number of amides is 1. The lowest BCUT2D eigenvalue weighted by Crippen LogP contribution is -2.45. The van der Waals surface area contributed by atoms with Crippen LogP contribution in [0, 0.1) is 10.8 Å². The first-order chi connectivity index (χ1) is 9.46. The molecular formula is C14H21N5O. The van der Waals surface area contributed by atoms with Crippen molar-refractivity contribution in [3.8, 4) is 0 Å². The lowest BCUT2D eigenvalue weighted by Gasteiger charge is -2.39. The lowest BCUT2D eigenvalue weighted by molar-refractivity contribution is 0.0958. The van der Waals surface area contributed by atoms with E-state index in [0.29, 0.717) is 5.69 Å². The van der Waals surface area contributed by atoms with Crippen LogP contribution in [0.3, 0.4) is 0 Å². The summed E-state index contributed by atoms with van der Waals surface area (Å²) < 4.78 is 0. The molecule has 0 saturated carbocycles. The van der Waals surface area contributed by atoms with Gasteiger partial charge in [-0.3, -0.25) is 15.2 Å². The molecule has 0 atom stereocenters. The topological polar surface area (TPSA) is 95.1 Å². The second kappa shape index (κ2) is 5.48. The Hall–Kier alpha value is -2.11. The van der Waals surface area contributed by atoms with Gasteiger partial charge in [0.25, 0.3) is 5.91 Å². The van der Waals surface area contributed by atoms with Gasteiger partial charge in [-0.05, 0) is 25.0 Å². The van der Waals surface area contributed by atoms with Crippen molar-refractivity contribution in [3.63, 3.8) is 0 Å². The average Bonchev–Trinajstić information content (AvgIpc) is 2.47. The van der Waals surface area contributed by atoms with Crippen LogP contribution < -0.4 is 16.0 Å². The van der Waals surface area contributed by atoms with Crippen molar-refractivity contribution in [1.29, 1.82) is 5.41 Å². The van der Waals surface area contributed by atoms with Crippen molar-refractivity contribution in [2.45, 2.75) is 19.8 Å². The molecule has 6 heteroatoms. The van der Waals surface area contributed by atoms with E-state index in [0.717, 1.165) is 31.6 Å². The van der Waals surface area contributed by atoms with Crippen LogP contribution in [0.4, 0.5) is 5.69 Å². The molecule has 6 nitrogen and oxygen atoms in total. The van der Waals surface area contributed by atoms with E-state index in [4.69, 9.17) is 11.1 Å². The molecule has 20 heavy (non-hydrogen) atoms. The molecular weight excluding hydrogens is 254 g/mol. The number of carbonyl (C=O) groups is 1. The molecule has 0 bridgehead atoms. The van der Waals surface area contributed by atoms with E-state index in [1.807, 2.05) is 13.0 Å². The number of pyridine rings is 1. The molecule has 1 aliphatic heterocycles. The van der Waals surface area contributed by atoms with E-state index in [2.05, 4.69) is 15.2 Å². The Morgan fingerprint density at radius 1 is 1.50 bits per heavy atom. The van der Waals surface area contributed by atoms with Gasteiger partial charge in [-0.25, -0.2) is 0 Å². The minimum Gasteiger partial charge on any atom is -0.387 e. The van der Waals surface area contributed by atoms with Crippen LogP contribution in [-0.4, -0.2) is 36.9 Å². The van der Waals surface area contributed by atoms with E-state index in [-0.39, 0.29) is 17.2 Å². The summed E-state index contributed by atoms with van der Waals surface area (Å²) in [6.45, 7) is 3.69. The van der Waals surface area contributed by atoms with Gasteiger partial charge in [0, 0.05) is 37.4 Å². The zero-order chi connectivity index (χ0) is 14.8. The van der Waals surface area contributed by atoms with Gasteiger partial charge < -0.3 is 16.0 Å². The summed E-state index contributed by atoms with van der Waals surface area (Å²) in [5.41, 5.74) is 6.88. The third-order valence-electron chi connectivity index (χ3n) is 4.09. The first-order valence-electron chi connectivity index (χ1n) is 6.74. The van der Waals surface area contributed by atoms with Crippen molar-refractivity contribution in [1.82, 2.24) is 10.3 Å². The van der Waals surface area contributed by atoms with E-state index in [1.165, 1.54) is 0 Å². The maximum atomic E-state index is 11.6. The Kier molecular flexibility index (Phi) is 3.92. The second-order valence-electron chi connectivity index (χ2n) is 5.44. The molecule has 0 spiro atoms. The normalized spacial score (nSPS) is 17.6. The van der Waals surface area contributed by atoms with Crippen LogP contribution in [0.5, 0.6) is 0 Å². The number of nitrogens with two attached hydrogens (primary N) is 1. The number of amidine groups is 1. The molecule has 1 aliphatic rings. The van der Waals surface area contributed by atoms with Gasteiger partial charge in [-0.2, -0.15) is 0 Å². The SMILES string of the molecule is CNC(=O)c1cc(N2CCC(C)(C(=N)N)CC2)ccn1. The Morgan fingerprint density at radius 3 is 2.70 bits per heavy atom. The summed E-state index contributed by atoms with van der Waals surface area (Å²) in [7, 11) is 1.59. The Morgan fingerprint density at radius 2 is 2.15 bits per heavy atom. The zero-order valence-electron chi connectivity index (χ0n) is 11.9. The van der Waals surface area contributed by atoms with Gasteiger partial charge in [-0.1, -0.05) is 6.92 Å². The molecule has 0 radical (unpaired) electrons. The predicted molar refractivity (Wildman–Crippen MR) is 79.1 cm³/mol. The molecule has 1 amide bonds. The molecule has 0 aliphatic carbocycles. The maximum Gasteiger partial charge on any atom is 0.269 e. The number of hydrogen-bond acceptors (Lipinski definition) is 4. The van der Waals surface area contributed by atoms with Gasteiger partial charge in [0.1, 0.15) is 5.69 Å². The Labute approximate surface area is 118 Å².